The summed E-state index contributed by atoms with van der Waals surface area (Å²) in [5.74, 6) is -0.284. The number of ketones is 2. The third-order valence-electron chi connectivity index (χ3n) is 7.84. The predicted octanol–water partition coefficient (Wildman–Crippen LogP) is 6.49. The van der Waals surface area contributed by atoms with Gasteiger partial charge in [-0.3, -0.25) is 19.2 Å². The maximum absolute atomic E-state index is 12.1. The predicted molar refractivity (Wildman–Crippen MR) is 158 cm³/mol. The Hall–Kier alpha value is -2.22. The van der Waals surface area contributed by atoms with Gasteiger partial charge in [0.25, 0.3) is 0 Å². The van der Waals surface area contributed by atoms with E-state index in [2.05, 4.69) is 28.1 Å². The Balaban J connectivity index is 0.000000216. The molecule has 9 heteroatoms. The summed E-state index contributed by atoms with van der Waals surface area (Å²) in [4.78, 5) is 44.8. The van der Waals surface area contributed by atoms with Crippen molar-refractivity contribution in [1.82, 2.24) is 0 Å². The molecule has 2 aromatic rings. The molecule has 0 radical (unpaired) electrons. The third kappa shape index (κ3) is 9.44. The molecule has 1 atom stereocenters. The molecule has 2 aliphatic carbocycles. The number of hydrogen-bond acceptors (Lipinski definition) is 4. The van der Waals surface area contributed by atoms with Crippen LogP contribution in [0.25, 0.3) is 0 Å². The number of alkyl halides is 1. The molecule has 2 saturated carbocycles. The zero-order chi connectivity index (χ0) is 28.5. The summed E-state index contributed by atoms with van der Waals surface area (Å²) in [6.07, 6.45) is 7.07. The van der Waals surface area contributed by atoms with E-state index < -0.39 is 16.6 Å². The molecule has 1 unspecified atom stereocenters. The number of primary amides is 2. The van der Waals surface area contributed by atoms with Crippen molar-refractivity contribution in [2.75, 3.05) is 0 Å². The van der Waals surface area contributed by atoms with Crippen LogP contribution in [0, 0.1) is 11.8 Å². The standard InChI is InChI=1S/C15H17BrClNO2.C15H18ClNO2/c16-13(15(18)20)14(19)11-3-1-9(2-4-11)10-5-7-12(17)8-6-10;16-13-7-5-11(6-8-13)10-1-3-12(4-2-10)14(18)9-15(17)19/h5-9,11,13H,1-4H2,(H2,18,20);5-8,10,12H,1-4,9H2,(H2,17,19). The van der Waals surface area contributed by atoms with Crippen molar-refractivity contribution in [3.05, 3.63) is 69.7 Å². The fourth-order valence-corrected chi connectivity index (χ4v) is 6.22. The van der Waals surface area contributed by atoms with E-state index in [0.717, 1.165) is 61.4 Å². The molecule has 2 aromatic carbocycles. The summed E-state index contributed by atoms with van der Waals surface area (Å²) < 4.78 is 0. The lowest BCUT2D eigenvalue weighted by Crippen LogP contribution is -2.36. The van der Waals surface area contributed by atoms with E-state index in [9.17, 15) is 19.2 Å². The Bertz CT molecular complexity index is 1140. The fourth-order valence-electron chi connectivity index (χ4n) is 5.59. The molecule has 0 spiro atoms. The van der Waals surface area contributed by atoms with Crippen molar-refractivity contribution in [2.45, 2.75) is 74.5 Å². The van der Waals surface area contributed by atoms with Crippen LogP contribution in [0.3, 0.4) is 0 Å². The highest BCUT2D eigenvalue weighted by molar-refractivity contribution is 9.10. The van der Waals surface area contributed by atoms with Gasteiger partial charge < -0.3 is 11.5 Å². The molecule has 0 heterocycles. The Morgan fingerprint density at radius 2 is 1.08 bits per heavy atom. The molecule has 2 fully saturated rings. The van der Waals surface area contributed by atoms with E-state index in [1.807, 2.05) is 36.4 Å². The van der Waals surface area contributed by atoms with Crippen LogP contribution in [0.5, 0.6) is 0 Å². The van der Waals surface area contributed by atoms with Gasteiger partial charge in [-0.2, -0.15) is 0 Å². The molecule has 210 valence electrons. The number of halogens is 3. The summed E-state index contributed by atoms with van der Waals surface area (Å²) in [6, 6.07) is 15.8. The Kier molecular flexibility index (Phi) is 12.0. The number of nitrogens with two attached hydrogens (primary N) is 2. The number of benzene rings is 2. The molecular formula is C30H35BrCl2N2O4. The zero-order valence-corrected chi connectivity index (χ0v) is 24.9. The topological polar surface area (TPSA) is 120 Å². The summed E-state index contributed by atoms with van der Waals surface area (Å²) in [7, 11) is 0. The molecule has 4 rings (SSSR count). The quantitative estimate of drug-likeness (QED) is 0.254. The molecule has 6 nitrogen and oxygen atoms in total. The second kappa shape index (κ2) is 15.0. The average molecular weight is 638 g/mol. The van der Waals surface area contributed by atoms with E-state index in [-0.39, 0.29) is 29.8 Å². The summed E-state index contributed by atoms with van der Waals surface area (Å²) >= 11 is 14.8. The van der Waals surface area contributed by atoms with Crippen LogP contribution in [0.2, 0.25) is 10.0 Å². The van der Waals surface area contributed by atoms with Crippen LogP contribution in [-0.4, -0.2) is 28.2 Å². The second-order valence-electron chi connectivity index (χ2n) is 10.5. The van der Waals surface area contributed by atoms with Crippen LogP contribution in [-0.2, 0) is 19.2 Å². The number of carbonyl (C=O) groups is 4. The zero-order valence-electron chi connectivity index (χ0n) is 21.8. The summed E-state index contributed by atoms with van der Waals surface area (Å²) in [5.41, 5.74) is 12.8. The average Bonchev–Trinajstić information content (AvgIpc) is 2.93. The van der Waals surface area contributed by atoms with Gasteiger partial charge in [0.15, 0.2) is 10.6 Å². The van der Waals surface area contributed by atoms with Gasteiger partial charge in [-0.15, -0.1) is 0 Å². The number of Topliss-reactive ketones (excluding diaryl/α,β-unsaturated/α-hetero) is 2. The first-order chi connectivity index (χ1) is 18.5. The number of carbonyl (C=O) groups excluding carboxylic acids is 4. The normalized spacial score (nSPS) is 23.6. The smallest absolute Gasteiger partial charge is 0.238 e. The van der Waals surface area contributed by atoms with Crippen molar-refractivity contribution >= 4 is 62.5 Å². The first kappa shape index (κ1) is 31.3. The maximum atomic E-state index is 12.1. The molecule has 2 aliphatic rings. The highest BCUT2D eigenvalue weighted by atomic mass is 79.9. The number of amides is 2. The van der Waals surface area contributed by atoms with E-state index >= 15 is 0 Å². The fraction of sp³-hybridized carbons (Fsp3) is 0.467. The minimum absolute atomic E-state index is 0.00190. The molecule has 0 saturated heterocycles. The molecular weight excluding hydrogens is 603 g/mol. The van der Waals surface area contributed by atoms with Crippen molar-refractivity contribution in [3.63, 3.8) is 0 Å². The minimum atomic E-state index is -0.848. The van der Waals surface area contributed by atoms with Crippen LogP contribution in [0.1, 0.15) is 80.8 Å². The molecule has 0 bridgehead atoms. The number of rotatable bonds is 8. The van der Waals surface area contributed by atoms with E-state index in [1.54, 1.807) is 0 Å². The summed E-state index contributed by atoms with van der Waals surface area (Å²) in [5, 5.41) is 1.48. The Morgan fingerprint density at radius 3 is 1.44 bits per heavy atom. The van der Waals surface area contributed by atoms with Gasteiger partial charge in [0.2, 0.25) is 11.8 Å². The van der Waals surface area contributed by atoms with Crippen molar-refractivity contribution in [1.29, 1.82) is 0 Å². The van der Waals surface area contributed by atoms with Gasteiger partial charge in [0.1, 0.15) is 5.78 Å². The third-order valence-corrected chi connectivity index (χ3v) is 9.25. The van der Waals surface area contributed by atoms with Crippen LogP contribution < -0.4 is 11.5 Å². The van der Waals surface area contributed by atoms with E-state index in [4.69, 9.17) is 34.7 Å². The van der Waals surface area contributed by atoms with Gasteiger partial charge in [0.05, 0.1) is 6.42 Å². The first-order valence-corrected chi connectivity index (χ1v) is 15.0. The second-order valence-corrected chi connectivity index (χ2v) is 12.3. The van der Waals surface area contributed by atoms with Gasteiger partial charge in [-0.25, -0.2) is 0 Å². The lowest BCUT2D eigenvalue weighted by atomic mass is 9.76. The maximum Gasteiger partial charge on any atom is 0.238 e. The molecule has 0 aromatic heterocycles. The van der Waals surface area contributed by atoms with Gasteiger partial charge >= 0.3 is 0 Å². The highest BCUT2D eigenvalue weighted by Gasteiger charge is 2.32. The van der Waals surface area contributed by atoms with Crippen LogP contribution in [0.15, 0.2) is 48.5 Å². The van der Waals surface area contributed by atoms with E-state index in [1.165, 1.54) is 11.1 Å². The monoisotopic (exact) mass is 636 g/mol. The first-order valence-electron chi connectivity index (χ1n) is 13.3. The van der Waals surface area contributed by atoms with Crippen LogP contribution in [0.4, 0.5) is 0 Å². The highest BCUT2D eigenvalue weighted by Crippen LogP contribution is 2.38. The molecule has 0 aliphatic heterocycles. The van der Waals surface area contributed by atoms with E-state index in [0.29, 0.717) is 11.8 Å². The van der Waals surface area contributed by atoms with Crippen molar-refractivity contribution in [3.8, 4) is 0 Å². The van der Waals surface area contributed by atoms with Crippen molar-refractivity contribution < 1.29 is 19.2 Å². The van der Waals surface area contributed by atoms with Gasteiger partial charge in [0, 0.05) is 21.9 Å². The SMILES string of the molecule is NC(=O)C(Br)C(=O)C1CCC(c2ccc(Cl)cc2)CC1.NC(=O)CC(=O)C1CCC(c2ccc(Cl)cc2)CC1. The lowest BCUT2D eigenvalue weighted by Gasteiger charge is -2.28. The number of hydrogen-bond donors (Lipinski definition) is 2. The van der Waals surface area contributed by atoms with Crippen LogP contribution >= 0.6 is 39.1 Å². The van der Waals surface area contributed by atoms with Gasteiger partial charge in [-0.05, 0) is 98.6 Å². The lowest BCUT2D eigenvalue weighted by molar-refractivity contribution is -0.130. The Morgan fingerprint density at radius 1 is 0.692 bits per heavy atom. The van der Waals surface area contributed by atoms with Crippen molar-refractivity contribution in [2.24, 2.45) is 23.3 Å². The molecule has 2 amide bonds. The molecule has 39 heavy (non-hydrogen) atoms. The van der Waals surface area contributed by atoms with Gasteiger partial charge in [-0.1, -0.05) is 63.4 Å². The minimum Gasteiger partial charge on any atom is -0.369 e. The Labute approximate surface area is 248 Å². The molecule has 4 N–H and O–H groups in total. The summed E-state index contributed by atoms with van der Waals surface area (Å²) in [6.45, 7) is 0. The largest absolute Gasteiger partial charge is 0.369 e.